The third kappa shape index (κ3) is 4.14. The number of phenols is 1. The molecule has 0 saturated carbocycles. The monoisotopic (exact) mass is 535 g/mol. The molecular formula is C29H29NO9. The van der Waals surface area contributed by atoms with Crippen molar-refractivity contribution in [1.29, 1.82) is 0 Å². The van der Waals surface area contributed by atoms with Gasteiger partial charge in [-0.2, -0.15) is 0 Å². The Balaban J connectivity index is 1.65. The zero-order valence-corrected chi connectivity index (χ0v) is 21.9. The van der Waals surface area contributed by atoms with Gasteiger partial charge in [-0.25, -0.2) is 0 Å². The summed E-state index contributed by atoms with van der Waals surface area (Å²) in [6.45, 7) is 1.58. The fourth-order valence-electron chi connectivity index (χ4n) is 6.60. The number of benzene rings is 1. The Morgan fingerprint density at radius 3 is 2.33 bits per heavy atom. The van der Waals surface area contributed by atoms with E-state index < -0.39 is 29.6 Å². The second kappa shape index (κ2) is 9.83. The number of methoxy groups -OCH3 is 2. The number of likely N-dealkylation sites (tertiary alicyclic amines) is 1. The predicted octanol–water partition coefficient (Wildman–Crippen LogP) is 2.70. The Kier molecular flexibility index (Phi) is 6.65. The van der Waals surface area contributed by atoms with Crippen LogP contribution < -0.4 is 9.47 Å². The number of phenolic OH excluding ortho intramolecular Hbond substituents is 1. The van der Waals surface area contributed by atoms with Crippen LogP contribution in [0.4, 0.5) is 0 Å². The molecule has 0 bridgehead atoms. The number of ether oxygens (including phenoxy) is 2. The Hall–Kier alpha value is -4.21. The molecule has 0 spiro atoms. The largest absolute Gasteiger partial charge is 0.508 e. The number of hydrogen-bond acceptors (Lipinski definition) is 8. The fourth-order valence-corrected chi connectivity index (χ4v) is 6.60. The molecule has 1 saturated heterocycles. The van der Waals surface area contributed by atoms with Crippen molar-refractivity contribution >= 4 is 29.4 Å². The summed E-state index contributed by atoms with van der Waals surface area (Å²) in [6, 6.07) is 2.80. The van der Waals surface area contributed by atoms with Gasteiger partial charge in [0.15, 0.2) is 11.6 Å². The normalized spacial score (nSPS) is 26.1. The van der Waals surface area contributed by atoms with Crippen LogP contribution in [0.3, 0.4) is 0 Å². The van der Waals surface area contributed by atoms with Crippen LogP contribution in [0.1, 0.15) is 44.1 Å². The number of nitrogens with zero attached hydrogens (tertiary/aromatic N) is 1. The maximum atomic E-state index is 13.7. The quantitative estimate of drug-likeness (QED) is 0.305. The first kappa shape index (κ1) is 26.4. The molecule has 10 heteroatoms. The Morgan fingerprint density at radius 1 is 1.05 bits per heavy atom. The van der Waals surface area contributed by atoms with E-state index in [4.69, 9.17) is 14.6 Å². The van der Waals surface area contributed by atoms with E-state index in [0.29, 0.717) is 16.7 Å². The smallest absolute Gasteiger partial charge is 0.303 e. The van der Waals surface area contributed by atoms with Crippen LogP contribution >= 0.6 is 0 Å². The van der Waals surface area contributed by atoms with E-state index in [0.717, 1.165) is 10.5 Å². The van der Waals surface area contributed by atoms with Gasteiger partial charge < -0.3 is 19.7 Å². The van der Waals surface area contributed by atoms with Crippen LogP contribution in [0.15, 0.2) is 46.6 Å². The number of ketones is 2. The van der Waals surface area contributed by atoms with E-state index in [9.17, 15) is 29.1 Å². The van der Waals surface area contributed by atoms with Crippen LogP contribution in [-0.2, 0) is 24.0 Å². The van der Waals surface area contributed by atoms with Crippen LogP contribution in [0, 0.1) is 17.8 Å². The number of rotatable bonds is 7. The van der Waals surface area contributed by atoms with Crippen molar-refractivity contribution in [2.75, 3.05) is 20.8 Å². The maximum Gasteiger partial charge on any atom is 0.303 e. The zero-order valence-electron chi connectivity index (χ0n) is 21.9. The van der Waals surface area contributed by atoms with E-state index in [1.165, 1.54) is 32.4 Å². The first-order valence-electron chi connectivity index (χ1n) is 12.8. The van der Waals surface area contributed by atoms with E-state index >= 15 is 0 Å². The molecule has 0 unspecified atom stereocenters. The Labute approximate surface area is 224 Å². The lowest BCUT2D eigenvalue weighted by atomic mass is 9.59. The molecule has 0 radical (unpaired) electrons. The fraction of sp³-hybridized carbons (Fsp3) is 0.414. The predicted molar refractivity (Wildman–Crippen MR) is 136 cm³/mol. The number of hydrogen-bond donors (Lipinski definition) is 2. The van der Waals surface area contributed by atoms with Crippen LogP contribution in [0.2, 0.25) is 0 Å². The number of carbonyl (C=O) groups excluding carboxylic acids is 4. The van der Waals surface area contributed by atoms with Gasteiger partial charge in [-0.05, 0) is 38.2 Å². The highest BCUT2D eigenvalue weighted by Crippen LogP contribution is 2.57. The van der Waals surface area contributed by atoms with Gasteiger partial charge in [0, 0.05) is 53.3 Å². The number of carboxylic acid groups (broad SMARTS) is 1. The van der Waals surface area contributed by atoms with Gasteiger partial charge in [0.25, 0.3) is 0 Å². The Morgan fingerprint density at radius 2 is 1.72 bits per heavy atom. The van der Waals surface area contributed by atoms with Crippen molar-refractivity contribution in [3.8, 4) is 17.2 Å². The summed E-state index contributed by atoms with van der Waals surface area (Å²) in [5.41, 5.74) is 2.05. The summed E-state index contributed by atoms with van der Waals surface area (Å²) in [6.07, 6.45) is 3.55. The molecule has 1 fully saturated rings. The molecular weight excluding hydrogens is 506 g/mol. The number of Topliss-reactive ketones (excluding diaryl/α,β-unsaturated/α-hetero) is 1. The van der Waals surface area contributed by atoms with Crippen molar-refractivity contribution in [3.05, 3.63) is 52.1 Å². The van der Waals surface area contributed by atoms with Crippen molar-refractivity contribution in [3.63, 3.8) is 0 Å². The van der Waals surface area contributed by atoms with Gasteiger partial charge in [-0.1, -0.05) is 11.6 Å². The lowest BCUT2D eigenvalue weighted by Gasteiger charge is -2.42. The minimum Gasteiger partial charge on any atom is -0.508 e. The molecule has 1 heterocycles. The number of fused-ring (bicyclic) bond motifs is 3. The van der Waals surface area contributed by atoms with Gasteiger partial charge in [-0.15, -0.1) is 0 Å². The molecule has 5 rings (SSSR count). The van der Waals surface area contributed by atoms with E-state index in [1.54, 1.807) is 6.92 Å². The average Bonchev–Trinajstić information content (AvgIpc) is 3.14. The van der Waals surface area contributed by atoms with Crippen molar-refractivity contribution in [2.45, 2.75) is 38.5 Å². The minimum atomic E-state index is -1.01. The van der Waals surface area contributed by atoms with Gasteiger partial charge in [0.1, 0.15) is 17.2 Å². The molecule has 0 aromatic heterocycles. The van der Waals surface area contributed by atoms with Crippen LogP contribution in [0.5, 0.6) is 17.2 Å². The molecule has 10 nitrogen and oxygen atoms in total. The van der Waals surface area contributed by atoms with Gasteiger partial charge in [0.2, 0.25) is 11.8 Å². The summed E-state index contributed by atoms with van der Waals surface area (Å²) in [5.74, 6) is -4.68. The van der Waals surface area contributed by atoms with Crippen molar-refractivity contribution in [1.82, 2.24) is 4.90 Å². The topological polar surface area (TPSA) is 148 Å². The minimum absolute atomic E-state index is 0.00919. The van der Waals surface area contributed by atoms with Crippen LogP contribution in [0.25, 0.3) is 0 Å². The molecule has 4 atom stereocenters. The second-order valence-corrected chi connectivity index (χ2v) is 10.3. The molecule has 3 aliphatic carbocycles. The molecule has 1 aromatic rings. The lowest BCUT2D eigenvalue weighted by Crippen LogP contribution is -2.40. The highest BCUT2D eigenvalue weighted by molar-refractivity contribution is 6.23. The summed E-state index contributed by atoms with van der Waals surface area (Å²) in [4.78, 5) is 65.9. The number of allylic oxidation sites excluding steroid dienone is 6. The molecule has 39 heavy (non-hydrogen) atoms. The third-order valence-electron chi connectivity index (χ3n) is 8.24. The highest BCUT2D eigenvalue weighted by Gasteiger charge is 2.56. The number of carboxylic acids is 1. The summed E-state index contributed by atoms with van der Waals surface area (Å²) in [5, 5.41) is 19.2. The van der Waals surface area contributed by atoms with Crippen LogP contribution in [-0.4, -0.2) is 65.2 Å². The number of imide groups is 1. The van der Waals surface area contributed by atoms with E-state index in [2.05, 4.69) is 0 Å². The maximum absolute atomic E-state index is 13.7. The molecule has 1 aromatic carbocycles. The SMILES string of the molecule is COc1cc(O)cc(OC)c1[C@H]1C2=CC[C@@H]3C(=O)N(CCCC(=O)O)C(=O)[C@@H]3[C@@H]2CC2=C1C(=O)C=C(C)C2=O. The highest BCUT2D eigenvalue weighted by atomic mass is 16.5. The Bertz CT molecular complexity index is 1390. The van der Waals surface area contributed by atoms with E-state index in [1.807, 2.05) is 6.08 Å². The lowest BCUT2D eigenvalue weighted by molar-refractivity contribution is -0.142. The second-order valence-electron chi connectivity index (χ2n) is 10.3. The van der Waals surface area contributed by atoms with Crippen molar-refractivity contribution in [2.24, 2.45) is 17.8 Å². The molecule has 2 N–H and O–H groups in total. The number of aliphatic carboxylic acids is 1. The molecule has 4 aliphatic rings. The van der Waals surface area contributed by atoms with Gasteiger partial charge in [0.05, 0.1) is 26.1 Å². The number of carbonyl (C=O) groups is 5. The third-order valence-corrected chi connectivity index (χ3v) is 8.24. The van der Waals surface area contributed by atoms with Gasteiger partial charge in [-0.3, -0.25) is 28.9 Å². The molecule has 2 amide bonds. The first-order valence-corrected chi connectivity index (χ1v) is 12.8. The standard InChI is InChI=1S/C29H29NO9/c1-13-9-19(32)24-18(27(13)35)12-17-15(25(24)26-20(38-2)10-14(31)11-21(26)39-3)6-7-16-23(17)29(37)30(28(16)36)8-4-5-22(33)34/h6,9-11,16-17,23,25,31H,4-5,7-8,12H2,1-3H3,(H,33,34)/t16-,17+,23-,25-/m0/s1. The average molecular weight is 536 g/mol. The van der Waals surface area contributed by atoms with Crippen molar-refractivity contribution < 1.29 is 43.7 Å². The molecule has 204 valence electrons. The van der Waals surface area contributed by atoms with E-state index in [-0.39, 0.29) is 78.4 Å². The number of aromatic hydroxyl groups is 1. The first-order chi connectivity index (χ1) is 18.6. The number of amides is 2. The summed E-state index contributed by atoms with van der Waals surface area (Å²) >= 11 is 0. The van der Waals surface area contributed by atoms with Gasteiger partial charge >= 0.3 is 5.97 Å². The molecule has 1 aliphatic heterocycles. The summed E-state index contributed by atoms with van der Waals surface area (Å²) < 4.78 is 11.2. The summed E-state index contributed by atoms with van der Waals surface area (Å²) in [7, 11) is 2.84. The zero-order chi connectivity index (χ0) is 28.2.